The van der Waals surface area contributed by atoms with Crippen molar-refractivity contribution < 1.29 is 28.4 Å². The van der Waals surface area contributed by atoms with Gasteiger partial charge in [0.05, 0.1) is 38.6 Å². The van der Waals surface area contributed by atoms with Gasteiger partial charge in [-0.15, -0.1) is 0 Å². The molecule has 6 heteroatoms. The minimum Gasteiger partial charge on any atom is -0.377 e. The Morgan fingerprint density at radius 3 is 1.39 bits per heavy atom. The van der Waals surface area contributed by atoms with Crippen molar-refractivity contribution in [3.8, 4) is 0 Å². The van der Waals surface area contributed by atoms with Crippen LogP contribution in [0.2, 0.25) is 0 Å². The maximum Gasteiger partial charge on any atom is 0.187 e. The standard InChI is InChI=1S/C38H44O6/c1-29(2)43-38-37(42-28-33-21-13-6-14-22-33)36(41-27-32-19-11-5-12-20-32)35(40-26-31-17-9-4-10-18-31)34(44-38)23-24-39-25-30-15-7-3-8-16-30/h3-22,29,34-38H,23-28H2,1-2H3. The van der Waals surface area contributed by atoms with Crippen molar-refractivity contribution in [2.45, 2.75) is 83.5 Å². The Bertz CT molecular complexity index is 1320. The van der Waals surface area contributed by atoms with E-state index >= 15 is 0 Å². The van der Waals surface area contributed by atoms with Crippen LogP contribution in [0.3, 0.4) is 0 Å². The lowest BCUT2D eigenvalue weighted by Crippen LogP contribution is -2.61. The van der Waals surface area contributed by atoms with Crippen LogP contribution in [-0.2, 0) is 54.8 Å². The van der Waals surface area contributed by atoms with E-state index in [0.717, 1.165) is 22.3 Å². The first kappa shape index (κ1) is 32.0. The van der Waals surface area contributed by atoms with Crippen molar-refractivity contribution in [2.75, 3.05) is 6.61 Å². The Hall–Kier alpha value is -3.36. The zero-order chi connectivity index (χ0) is 30.4. The highest BCUT2D eigenvalue weighted by molar-refractivity contribution is 5.16. The largest absolute Gasteiger partial charge is 0.377 e. The van der Waals surface area contributed by atoms with E-state index < -0.39 is 24.6 Å². The van der Waals surface area contributed by atoms with E-state index in [9.17, 15) is 0 Å². The molecule has 5 unspecified atom stereocenters. The Balaban J connectivity index is 1.39. The Kier molecular flexibility index (Phi) is 12.5. The maximum atomic E-state index is 6.74. The molecular weight excluding hydrogens is 552 g/mol. The molecule has 44 heavy (non-hydrogen) atoms. The molecular formula is C38H44O6. The number of hydrogen-bond donors (Lipinski definition) is 0. The molecule has 0 amide bonds. The molecule has 1 aliphatic heterocycles. The molecule has 0 radical (unpaired) electrons. The predicted octanol–water partition coefficient (Wildman–Crippen LogP) is 7.50. The summed E-state index contributed by atoms with van der Waals surface area (Å²) in [5.74, 6) is 0. The summed E-state index contributed by atoms with van der Waals surface area (Å²) < 4.78 is 39.2. The molecule has 0 N–H and O–H groups in total. The average Bonchev–Trinajstić information content (AvgIpc) is 3.06. The second-order valence-corrected chi connectivity index (χ2v) is 11.3. The highest BCUT2D eigenvalue weighted by atomic mass is 16.7. The third kappa shape index (κ3) is 9.83. The van der Waals surface area contributed by atoms with Gasteiger partial charge < -0.3 is 28.4 Å². The van der Waals surface area contributed by atoms with E-state index in [-0.39, 0.29) is 12.2 Å². The molecule has 4 aromatic rings. The fourth-order valence-electron chi connectivity index (χ4n) is 5.32. The van der Waals surface area contributed by atoms with Crippen molar-refractivity contribution in [1.29, 1.82) is 0 Å². The van der Waals surface area contributed by atoms with Crippen LogP contribution in [0.15, 0.2) is 121 Å². The fourth-order valence-corrected chi connectivity index (χ4v) is 5.32. The predicted molar refractivity (Wildman–Crippen MR) is 171 cm³/mol. The number of hydrogen-bond acceptors (Lipinski definition) is 6. The average molecular weight is 597 g/mol. The van der Waals surface area contributed by atoms with Crippen LogP contribution in [0.4, 0.5) is 0 Å². The van der Waals surface area contributed by atoms with E-state index in [1.165, 1.54) is 0 Å². The van der Waals surface area contributed by atoms with E-state index in [1.54, 1.807) is 0 Å². The SMILES string of the molecule is CC(C)OC1OC(CCOCc2ccccc2)C(OCc2ccccc2)C(OCc2ccccc2)C1OCc1ccccc1. The Morgan fingerprint density at radius 1 is 0.523 bits per heavy atom. The van der Waals surface area contributed by atoms with Gasteiger partial charge in [-0.05, 0) is 42.5 Å². The summed E-state index contributed by atoms with van der Waals surface area (Å²) in [6.07, 6.45) is -1.85. The fraction of sp³-hybridized carbons (Fsp3) is 0.368. The van der Waals surface area contributed by atoms with Crippen molar-refractivity contribution in [2.24, 2.45) is 0 Å². The third-order valence-corrected chi connectivity index (χ3v) is 7.51. The number of ether oxygens (including phenoxy) is 6. The van der Waals surface area contributed by atoms with Gasteiger partial charge in [0.25, 0.3) is 0 Å². The van der Waals surface area contributed by atoms with Gasteiger partial charge in [-0.1, -0.05) is 121 Å². The van der Waals surface area contributed by atoms with Crippen LogP contribution in [0.5, 0.6) is 0 Å². The zero-order valence-corrected chi connectivity index (χ0v) is 25.7. The lowest BCUT2D eigenvalue weighted by atomic mass is 9.95. The van der Waals surface area contributed by atoms with E-state index in [4.69, 9.17) is 28.4 Å². The van der Waals surface area contributed by atoms with Crippen molar-refractivity contribution in [3.05, 3.63) is 144 Å². The summed E-state index contributed by atoms with van der Waals surface area (Å²) in [7, 11) is 0. The summed E-state index contributed by atoms with van der Waals surface area (Å²) in [4.78, 5) is 0. The van der Waals surface area contributed by atoms with Crippen LogP contribution in [0, 0.1) is 0 Å². The molecule has 1 heterocycles. The lowest BCUT2D eigenvalue weighted by molar-refractivity contribution is -0.330. The molecule has 5 rings (SSSR count). The second-order valence-electron chi connectivity index (χ2n) is 11.3. The Labute approximate surface area is 261 Å². The van der Waals surface area contributed by atoms with Gasteiger partial charge in [0.15, 0.2) is 6.29 Å². The van der Waals surface area contributed by atoms with E-state index in [2.05, 4.69) is 48.5 Å². The molecule has 1 aliphatic rings. The van der Waals surface area contributed by atoms with Crippen LogP contribution < -0.4 is 0 Å². The van der Waals surface area contributed by atoms with Crippen LogP contribution in [-0.4, -0.2) is 43.4 Å². The molecule has 0 aromatic heterocycles. The first-order valence-corrected chi connectivity index (χ1v) is 15.5. The first-order chi connectivity index (χ1) is 21.7. The van der Waals surface area contributed by atoms with Gasteiger partial charge in [-0.2, -0.15) is 0 Å². The van der Waals surface area contributed by atoms with Crippen LogP contribution >= 0.6 is 0 Å². The number of benzene rings is 4. The quantitative estimate of drug-likeness (QED) is 0.125. The summed E-state index contributed by atoms with van der Waals surface area (Å²) in [6, 6.07) is 40.7. The third-order valence-electron chi connectivity index (χ3n) is 7.51. The molecule has 0 spiro atoms. The minimum absolute atomic E-state index is 0.0747. The van der Waals surface area contributed by atoms with Gasteiger partial charge >= 0.3 is 0 Å². The van der Waals surface area contributed by atoms with Gasteiger partial charge in [0.2, 0.25) is 0 Å². The van der Waals surface area contributed by atoms with E-state index in [1.807, 2.05) is 86.6 Å². The minimum atomic E-state index is -0.643. The van der Waals surface area contributed by atoms with E-state index in [0.29, 0.717) is 39.5 Å². The molecule has 0 saturated carbocycles. The highest BCUT2D eigenvalue weighted by Gasteiger charge is 2.49. The molecule has 4 aromatic carbocycles. The molecule has 0 aliphatic carbocycles. The van der Waals surface area contributed by atoms with Gasteiger partial charge in [-0.25, -0.2) is 0 Å². The molecule has 232 valence electrons. The topological polar surface area (TPSA) is 55.4 Å². The Morgan fingerprint density at radius 2 is 0.932 bits per heavy atom. The van der Waals surface area contributed by atoms with Crippen LogP contribution in [0.1, 0.15) is 42.5 Å². The summed E-state index contributed by atoms with van der Waals surface area (Å²) in [5.41, 5.74) is 4.35. The maximum absolute atomic E-state index is 6.74. The molecule has 5 atom stereocenters. The van der Waals surface area contributed by atoms with Gasteiger partial charge in [0.1, 0.15) is 18.3 Å². The molecule has 6 nitrogen and oxygen atoms in total. The lowest BCUT2D eigenvalue weighted by Gasteiger charge is -2.46. The zero-order valence-electron chi connectivity index (χ0n) is 25.7. The highest BCUT2D eigenvalue weighted by Crippen LogP contribution is 2.33. The summed E-state index contributed by atoms with van der Waals surface area (Å²) in [5, 5.41) is 0. The smallest absolute Gasteiger partial charge is 0.187 e. The van der Waals surface area contributed by atoms with Crippen molar-refractivity contribution >= 4 is 0 Å². The van der Waals surface area contributed by atoms with Crippen molar-refractivity contribution in [3.63, 3.8) is 0 Å². The van der Waals surface area contributed by atoms with Crippen molar-refractivity contribution in [1.82, 2.24) is 0 Å². The first-order valence-electron chi connectivity index (χ1n) is 15.5. The van der Waals surface area contributed by atoms with Gasteiger partial charge in [-0.3, -0.25) is 0 Å². The number of rotatable bonds is 16. The summed E-state index contributed by atoms with van der Waals surface area (Å²) in [6.45, 7) is 6.27. The molecule has 1 fully saturated rings. The van der Waals surface area contributed by atoms with Gasteiger partial charge in [0, 0.05) is 6.61 Å². The molecule has 0 bridgehead atoms. The second kappa shape index (κ2) is 17.2. The monoisotopic (exact) mass is 596 g/mol. The summed E-state index contributed by atoms with van der Waals surface area (Å²) >= 11 is 0. The molecule has 1 saturated heterocycles. The van der Waals surface area contributed by atoms with Crippen LogP contribution in [0.25, 0.3) is 0 Å². The normalized spacial score (nSPS) is 21.8.